The Hall–Kier alpha value is -3.02. The zero-order chi connectivity index (χ0) is 20.5. The fourth-order valence-electron chi connectivity index (χ4n) is 2.94. The molecule has 2 rings (SSSR count). The number of carbonyl (C=O) groups excluding carboxylic acids is 1. The van der Waals surface area contributed by atoms with Gasteiger partial charge in [-0.1, -0.05) is 32.9 Å². The summed E-state index contributed by atoms with van der Waals surface area (Å²) in [6, 6.07) is 12.4. The van der Waals surface area contributed by atoms with Crippen molar-refractivity contribution in [1.82, 2.24) is 0 Å². The molecule has 0 aliphatic rings. The zero-order valence-electron chi connectivity index (χ0n) is 16.7. The smallest absolute Gasteiger partial charge is 0.337 e. The Morgan fingerprint density at radius 2 is 1.71 bits per heavy atom. The molecular weight excluding hydrogens is 356 g/mol. The molecule has 1 amide bonds. The van der Waals surface area contributed by atoms with Crippen LogP contribution in [-0.4, -0.2) is 30.1 Å². The molecule has 0 aliphatic heterocycles. The summed E-state index contributed by atoms with van der Waals surface area (Å²) in [4.78, 5) is 25.5. The topological polar surface area (TPSA) is 78.9 Å². The van der Waals surface area contributed by atoms with Crippen LogP contribution in [0.15, 0.2) is 42.5 Å². The van der Waals surface area contributed by atoms with Crippen LogP contribution in [0.1, 0.15) is 50.4 Å². The zero-order valence-corrected chi connectivity index (χ0v) is 16.7. The van der Waals surface area contributed by atoms with Crippen molar-refractivity contribution in [2.45, 2.75) is 40.0 Å². The van der Waals surface area contributed by atoms with E-state index in [0.717, 1.165) is 31.6 Å². The molecule has 0 heterocycles. The predicted molar refractivity (Wildman–Crippen MR) is 112 cm³/mol. The third kappa shape index (κ3) is 5.49. The third-order valence-corrected chi connectivity index (χ3v) is 4.24. The Bertz CT molecular complexity index is 814. The highest BCUT2D eigenvalue weighted by Crippen LogP contribution is 2.34. The monoisotopic (exact) mass is 384 g/mol. The fourth-order valence-corrected chi connectivity index (χ4v) is 2.94. The van der Waals surface area contributed by atoms with Crippen LogP contribution in [-0.2, 0) is 4.79 Å². The summed E-state index contributed by atoms with van der Waals surface area (Å²) in [7, 11) is 0. The van der Waals surface area contributed by atoms with Gasteiger partial charge in [-0.05, 0) is 43.2 Å². The molecule has 2 aromatic carbocycles. The molecule has 6 heteroatoms. The number of hydrogen-bond donors (Lipinski definition) is 2. The van der Waals surface area contributed by atoms with E-state index >= 15 is 0 Å². The van der Waals surface area contributed by atoms with Gasteiger partial charge in [-0.15, -0.1) is 0 Å². The lowest BCUT2D eigenvalue weighted by Gasteiger charge is -2.26. The number of benzene rings is 2. The lowest BCUT2D eigenvalue weighted by atomic mass is 10.1. The van der Waals surface area contributed by atoms with E-state index in [2.05, 4.69) is 24.1 Å². The first-order valence-corrected chi connectivity index (χ1v) is 9.69. The van der Waals surface area contributed by atoms with Gasteiger partial charge in [-0.3, -0.25) is 4.79 Å². The number of carbonyl (C=O) groups is 2. The minimum atomic E-state index is -1.12. The van der Waals surface area contributed by atoms with E-state index in [1.165, 1.54) is 6.07 Å². The molecule has 150 valence electrons. The number of ether oxygens (including phenoxy) is 1. The largest absolute Gasteiger partial charge is 0.478 e. The Morgan fingerprint density at radius 1 is 1.04 bits per heavy atom. The van der Waals surface area contributed by atoms with Gasteiger partial charge in [0.1, 0.15) is 5.75 Å². The van der Waals surface area contributed by atoms with Gasteiger partial charge in [-0.25, -0.2) is 4.79 Å². The number of hydrogen-bond acceptors (Lipinski definition) is 4. The number of carboxylic acid groups (broad SMARTS) is 1. The minimum Gasteiger partial charge on any atom is -0.478 e. The molecule has 0 fully saturated rings. The van der Waals surface area contributed by atoms with Gasteiger partial charge >= 0.3 is 5.97 Å². The summed E-state index contributed by atoms with van der Waals surface area (Å²) >= 11 is 0. The van der Waals surface area contributed by atoms with Crippen LogP contribution in [0.2, 0.25) is 0 Å². The quantitative estimate of drug-likeness (QED) is 0.592. The lowest BCUT2D eigenvalue weighted by Crippen LogP contribution is -2.25. The molecule has 0 aliphatic carbocycles. The number of para-hydroxylation sites is 2. The van der Waals surface area contributed by atoms with Crippen LogP contribution in [0.4, 0.5) is 11.4 Å². The van der Waals surface area contributed by atoms with E-state index in [4.69, 9.17) is 4.74 Å². The van der Waals surface area contributed by atoms with Crippen LogP contribution in [0.25, 0.3) is 0 Å². The molecule has 0 bridgehead atoms. The van der Waals surface area contributed by atoms with Crippen LogP contribution >= 0.6 is 0 Å². The van der Waals surface area contributed by atoms with Gasteiger partial charge in [0.05, 0.1) is 16.9 Å². The van der Waals surface area contributed by atoms with Crippen molar-refractivity contribution in [1.29, 1.82) is 0 Å². The maximum absolute atomic E-state index is 11.6. The number of carboxylic acids is 1. The molecular formula is C22H28N2O4. The summed E-state index contributed by atoms with van der Waals surface area (Å²) in [5.74, 6) is -0.279. The SMILES string of the molecule is CCCN(CCC)c1ccccc1Oc1ccc(NC(=O)CC)c(C(=O)O)c1. The maximum atomic E-state index is 11.6. The summed E-state index contributed by atoms with van der Waals surface area (Å²) in [6.45, 7) is 7.80. The van der Waals surface area contributed by atoms with Gasteiger partial charge in [-0.2, -0.15) is 0 Å². The summed E-state index contributed by atoms with van der Waals surface area (Å²) < 4.78 is 6.04. The van der Waals surface area contributed by atoms with Crippen molar-refractivity contribution in [3.63, 3.8) is 0 Å². The molecule has 0 unspecified atom stereocenters. The molecule has 0 saturated carbocycles. The fraction of sp³-hybridized carbons (Fsp3) is 0.364. The number of aromatic carboxylic acids is 1. The van der Waals surface area contributed by atoms with Gasteiger partial charge in [0.25, 0.3) is 0 Å². The van der Waals surface area contributed by atoms with Gasteiger partial charge in [0.15, 0.2) is 5.75 Å². The number of amides is 1. The lowest BCUT2D eigenvalue weighted by molar-refractivity contribution is -0.115. The molecule has 0 radical (unpaired) electrons. The van der Waals surface area contributed by atoms with E-state index in [1.54, 1.807) is 19.1 Å². The number of anilines is 2. The third-order valence-electron chi connectivity index (χ3n) is 4.24. The van der Waals surface area contributed by atoms with Crippen molar-refractivity contribution in [2.24, 2.45) is 0 Å². The Kier molecular flexibility index (Phi) is 7.87. The Balaban J connectivity index is 2.34. The molecule has 2 aromatic rings. The normalized spacial score (nSPS) is 10.4. The second-order valence-electron chi connectivity index (χ2n) is 6.47. The summed E-state index contributed by atoms with van der Waals surface area (Å²) in [5, 5.41) is 12.1. The van der Waals surface area contributed by atoms with Gasteiger partial charge in [0, 0.05) is 19.5 Å². The first-order valence-electron chi connectivity index (χ1n) is 9.69. The Labute approximate surface area is 166 Å². The molecule has 6 nitrogen and oxygen atoms in total. The molecule has 28 heavy (non-hydrogen) atoms. The highest BCUT2D eigenvalue weighted by atomic mass is 16.5. The van der Waals surface area contributed by atoms with Crippen LogP contribution < -0.4 is 15.0 Å². The van der Waals surface area contributed by atoms with E-state index in [0.29, 0.717) is 11.5 Å². The van der Waals surface area contributed by atoms with Crippen molar-refractivity contribution >= 4 is 23.3 Å². The van der Waals surface area contributed by atoms with Gasteiger partial charge < -0.3 is 20.1 Å². The Morgan fingerprint density at radius 3 is 2.32 bits per heavy atom. The number of rotatable bonds is 10. The van der Waals surface area contributed by atoms with Crippen LogP contribution in [0.3, 0.4) is 0 Å². The highest BCUT2D eigenvalue weighted by molar-refractivity contribution is 6.00. The second-order valence-corrected chi connectivity index (χ2v) is 6.47. The van der Waals surface area contributed by atoms with Crippen LogP contribution in [0, 0.1) is 0 Å². The van der Waals surface area contributed by atoms with Crippen molar-refractivity contribution in [3.05, 3.63) is 48.0 Å². The molecule has 0 spiro atoms. The standard InChI is InChI=1S/C22H28N2O4/c1-4-13-24(14-5-2)19-9-7-8-10-20(19)28-16-11-12-18(23-21(25)6-3)17(15-16)22(26)27/h7-12,15H,4-6,13-14H2,1-3H3,(H,23,25)(H,26,27). The van der Waals surface area contributed by atoms with Crippen molar-refractivity contribution in [2.75, 3.05) is 23.3 Å². The average Bonchev–Trinajstić information content (AvgIpc) is 2.69. The molecule has 0 atom stereocenters. The highest BCUT2D eigenvalue weighted by Gasteiger charge is 2.16. The second kappa shape index (κ2) is 10.3. The minimum absolute atomic E-state index is 0.00393. The first-order chi connectivity index (χ1) is 13.5. The molecule has 0 saturated heterocycles. The van der Waals surface area contributed by atoms with E-state index in [9.17, 15) is 14.7 Å². The predicted octanol–water partition coefficient (Wildman–Crippen LogP) is 5.15. The summed E-state index contributed by atoms with van der Waals surface area (Å²) in [6.07, 6.45) is 2.31. The number of nitrogens with one attached hydrogen (secondary N) is 1. The first kappa shape index (κ1) is 21.3. The van der Waals surface area contributed by atoms with E-state index < -0.39 is 5.97 Å². The van der Waals surface area contributed by atoms with Crippen LogP contribution in [0.5, 0.6) is 11.5 Å². The average molecular weight is 384 g/mol. The number of nitrogens with zero attached hydrogens (tertiary/aromatic N) is 1. The van der Waals surface area contributed by atoms with Gasteiger partial charge in [0.2, 0.25) is 5.91 Å². The summed E-state index contributed by atoms with van der Waals surface area (Å²) in [5.41, 5.74) is 1.24. The van der Waals surface area contributed by atoms with Crippen molar-refractivity contribution in [3.8, 4) is 11.5 Å². The molecule has 2 N–H and O–H groups in total. The van der Waals surface area contributed by atoms with E-state index in [1.807, 2.05) is 24.3 Å². The van der Waals surface area contributed by atoms with Crippen molar-refractivity contribution < 1.29 is 19.4 Å². The maximum Gasteiger partial charge on any atom is 0.337 e. The molecule has 0 aromatic heterocycles. The van der Waals surface area contributed by atoms with E-state index in [-0.39, 0.29) is 23.6 Å².